The van der Waals surface area contributed by atoms with E-state index in [9.17, 15) is 4.39 Å². The van der Waals surface area contributed by atoms with Gasteiger partial charge in [-0.1, -0.05) is 6.92 Å². The molecule has 0 saturated carbocycles. The van der Waals surface area contributed by atoms with Gasteiger partial charge in [-0.3, -0.25) is 4.98 Å². The van der Waals surface area contributed by atoms with Gasteiger partial charge in [-0.05, 0) is 30.8 Å². The average Bonchev–Trinajstić information content (AvgIpc) is 2.53. The Morgan fingerprint density at radius 2 is 2.05 bits per heavy atom. The van der Waals surface area contributed by atoms with Crippen molar-refractivity contribution >= 4 is 0 Å². The van der Waals surface area contributed by atoms with Crippen LogP contribution in [0.25, 0.3) is 0 Å². The Morgan fingerprint density at radius 1 is 1.24 bits per heavy atom. The van der Waals surface area contributed by atoms with Gasteiger partial charge < -0.3 is 14.8 Å². The summed E-state index contributed by atoms with van der Waals surface area (Å²) < 4.78 is 24.7. The van der Waals surface area contributed by atoms with Crippen molar-refractivity contribution in [1.29, 1.82) is 0 Å². The molecule has 5 heteroatoms. The number of hydrogen-bond donors (Lipinski definition) is 1. The second-order valence-corrected chi connectivity index (χ2v) is 4.47. The highest BCUT2D eigenvalue weighted by Crippen LogP contribution is 2.33. The molecule has 0 saturated heterocycles. The van der Waals surface area contributed by atoms with E-state index in [1.807, 2.05) is 19.1 Å². The lowest BCUT2D eigenvalue weighted by atomic mass is 10.0. The first-order chi connectivity index (χ1) is 10.2. The van der Waals surface area contributed by atoms with Crippen LogP contribution in [0.4, 0.5) is 4.39 Å². The van der Waals surface area contributed by atoms with Gasteiger partial charge in [0, 0.05) is 17.8 Å². The molecule has 0 bridgehead atoms. The van der Waals surface area contributed by atoms with Crippen LogP contribution in [-0.2, 0) is 0 Å². The maximum Gasteiger partial charge on any atom is 0.146 e. The number of pyridine rings is 1. The molecule has 112 valence electrons. The summed E-state index contributed by atoms with van der Waals surface area (Å²) in [5.74, 6) is 0.971. The fourth-order valence-electron chi connectivity index (χ4n) is 2.23. The number of rotatable bonds is 6. The zero-order chi connectivity index (χ0) is 15.2. The maximum atomic E-state index is 14.1. The van der Waals surface area contributed by atoms with Crippen molar-refractivity contribution < 1.29 is 13.9 Å². The minimum Gasteiger partial charge on any atom is -0.497 e. The van der Waals surface area contributed by atoms with Crippen molar-refractivity contribution in [2.24, 2.45) is 0 Å². The highest BCUT2D eigenvalue weighted by atomic mass is 19.1. The van der Waals surface area contributed by atoms with Gasteiger partial charge in [-0.25, -0.2) is 4.39 Å². The normalized spacial score (nSPS) is 12.0. The number of methoxy groups -OCH3 is 2. The van der Waals surface area contributed by atoms with Crippen molar-refractivity contribution in [3.8, 4) is 11.5 Å². The van der Waals surface area contributed by atoms with Gasteiger partial charge in [0.05, 0.1) is 26.0 Å². The number of benzene rings is 1. The van der Waals surface area contributed by atoms with Crippen molar-refractivity contribution in [1.82, 2.24) is 10.3 Å². The first kappa shape index (κ1) is 15.3. The number of halogens is 1. The second-order valence-electron chi connectivity index (χ2n) is 4.47. The van der Waals surface area contributed by atoms with Crippen molar-refractivity contribution in [3.63, 3.8) is 0 Å². The highest BCUT2D eigenvalue weighted by molar-refractivity contribution is 5.45. The Balaban J connectivity index is 2.50. The Labute approximate surface area is 123 Å². The van der Waals surface area contributed by atoms with E-state index in [4.69, 9.17) is 9.47 Å². The van der Waals surface area contributed by atoms with E-state index in [2.05, 4.69) is 10.3 Å². The van der Waals surface area contributed by atoms with Crippen LogP contribution in [0, 0.1) is 5.82 Å². The molecular formula is C16H19FN2O2. The molecule has 4 nitrogen and oxygen atoms in total. The SMILES string of the molecule is CCNC(c1ccc(OC)cc1OC)c1ncccc1F. The molecule has 0 aliphatic rings. The maximum absolute atomic E-state index is 14.1. The summed E-state index contributed by atoms with van der Waals surface area (Å²) in [6, 6.07) is 8.07. The zero-order valence-electron chi connectivity index (χ0n) is 12.4. The fraction of sp³-hybridized carbons (Fsp3) is 0.312. The van der Waals surface area contributed by atoms with Crippen LogP contribution < -0.4 is 14.8 Å². The van der Waals surface area contributed by atoms with Crippen LogP contribution in [-0.4, -0.2) is 25.7 Å². The molecule has 0 radical (unpaired) electrons. The monoisotopic (exact) mass is 290 g/mol. The predicted octanol–water partition coefficient (Wildman–Crippen LogP) is 2.94. The number of aromatic nitrogens is 1. The molecule has 0 aliphatic carbocycles. The third kappa shape index (κ3) is 3.31. The molecule has 1 aromatic heterocycles. The molecule has 0 spiro atoms. The summed E-state index contributed by atoms with van der Waals surface area (Å²) >= 11 is 0. The van der Waals surface area contributed by atoms with E-state index in [1.165, 1.54) is 6.07 Å². The van der Waals surface area contributed by atoms with Crippen LogP contribution in [0.1, 0.15) is 24.2 Å². The first-order valence-electron chi connectivity index (χ1n) is 6.77. The minimum absolute atomic E-state index is 0.346. The minimum atomic E-state index is -0.378. The van der Waals surface area contributed by atoms with Crippen molar-refractivity contribution in [2.75, 3.05) is 20.8 Å². The molecule has 1 atom stereocenters. The van der Waals surface area contributed by atoms with Crippen LogP contribution in [0.2, 0.25) is 0 Å². The standard InChI is InChI=1S/C16H19FN2O2/c1-4-18-15(16-13(17)6-5-9-19-16)12-8-7-11(20-2)10-14(12)21-3/h5-10,15,18H,4H2,1-3H3. The lowest BCUT2D eigenvalue weighted by Gasteiger charge is -2.21. The van der Waals surface area contributed by atoms with E-state index in [0.717, 1.165) is 5.56 Å². The number of hydrogen-bond acceptors (Lipinski definition) is 4. The molecule has 21 heavy (non-hydrogen) atoms. The van der Waals surface area contributed by atoms with Gasteiger partial charge in [-0.15, -0.1) is 0 Å². The first-order valence-corrected chi connectivity index (χ1v) is 6.77. The average molecular weight is 290 g/mol. The smallest absolute Gasteiger partial charge is 0.146 e. The van der Waals surface area contributed by atoms with Crippen LogP contribution in [0.3, 0.4) is 0 Å². The summed E-state index contributed by atoms with van der Waals surface area (Å²) in [5.41, 5.74) is 1.17. The van der Waals surface area contributed by atoms with E-state index in [1.54, 1.807) is 32.5 Å². The predicted molar refractivity (Wildman–Crippen MR) is 79.3 cm³/mol. The Bertz CT molecular complexity index is 605. The molecule has 0 amide bonds. The Kier molecular flexibility index (Phi) is 5.11. The summed E-state index contributed by atoms with van der Waals surface area (Å²) in [6.07, 6.45) is 1.58. The summed E-state index contributed by atoms with van der Waals surface area (Å²) in [4.78, 5) is 4.17. The Morgan fingerprint density at radius 3 is 2.67 bits per heavy atom. The highest BCUT2D eigenvalue weighted by Gasteiger charge is 2.22. The quantitative estimate of drug-likeness (QED) is 0.888. The molecule has 1 N–H and O–H groups in total. The van der Waals surface area contributed by atoms with Gasteiger partial charge in [0.15, 0.2) is 0 Å². The lowest BCUT2D eigenvalue weighted by Crippen LogP contribution is -2.24. The van der Waals surface area contributed by atoms with Gasteiger partial charge >= 0.3 is 0 Å². The van der Waals surface area contributed by atoms with E-state index < -0.39 is 0 Å². The topological polar surface area (TPSA) is 43.4 Å². The summed E-state index contributed by atoms with van der Waals surface area (Å²) in [6.45, 7) is 2.64. The van der Waals surface area contributed by atoms with Crippen LogP contribution >= 0.6 is 0 Å². The molecule has 2 aromatic rings. The molecule has 1 aromatic carbocycles. The molecule has 0 fully saturated rings. The zero-order valence-corrected chi connectivity index (χ0v) is 12.4. The van der Waals surface area contributed by atoms with E-state index in [0.29, 0.717) is 23.7 Å². The van der Waals surface area contributed by atoms with Crippen molar-refractivity contribution in [2.45, 2.75) is 13.0 Å². The Hall–Kier alpha value is -2.14. The largest absolute Gasteiger partial charge is 0.497 e. The number of nitrogens with zero attached hydrogens (tertiary/aromatic N) is 1. The molecular weight excluding hydrogens is 271 g/mol. The molecule has 2 rings (SSSR count). The van der Waals surface area contributed by atoms with E-state index >= 15 is 0 Å². The van der Waals surface area contributed by atoms with E-state index in [-0.39, 0.29) is 11.9 Å². The summed E-state index contributed by atoms with van der Waals surface area (Å²) in [5, 5.41) is 3.24. The lowest BCUT2D eigenvalue weighted by molar-refractivity contribution is 0.386. The second kappa shape index (κ2) is 7.04. The van der Waals surface area contributed by atoms with Gasteiger partial charge in [0.1, 0.15) is 17.3 Å². The van der Waals surface area contributed by atoms with Crippen LogP contribution in [0.15, 0.2) is 36.5 Å². The molecule has 1 unspecified atom stereocenters. The third-order valence-corrected chi connectivity index (χ3v) is 3.22. The number of nitrogens with one attached hydrogen (secondary N) is 1. The van der Waals surface area contributed by atoms with Crippen molar-refractivity contribution in [3.05, 3.63) is 53.6 Å². The van der Waals surface area contributed by atoms with Crippen LogP contribution in [0.5, 0.6) is 11.5 Å². The van der Waals surface area contributed by atoms with Gasteiger partial charge in [0.25, 0.3) is 0 Å². The summed E-state index contributed by atoms with van der Waals surface area (Å²) in [7, 11) is 3.17. The third-order valence-electron chi connectivity index (χ3n) is 3.22. The van der Waals surface area contributed by atoms with Gasteiger partial charge in [0.2, 0.25) is 0 Å². The molecule has 0 aliphatic heterocycles. The fourth-order valence-corrected chi connectivity index (χ4v) is 2.23. The molecule has 1 heterocycles. The van der Waals surface area contributed by atoms with Gasteiger partial charge in [-0.2, -0.15) is 0 Å². The number of ether oxygens (including phenoxy) is 2.